The van der Waals surface area contributed by atoms with Crippen LogP contribution in [0.5, 0.6) is 0 Å². The first-order chi connectivity index (χ1) is 19.3. The molecule has 0 aliphatic carbocycles. The molecule has 0 aromatic heterocycles. The summed E-state index contributed by atoms with van der Waals surface area (Å²) < 4.78 is 21.7. The molecule has 1 heterocycles. The smallest absolute Gasteiger partial charge is 0.306 e. The van der Waals surface area contributed by atoms with Crippen molar-refractivity contribution in [2.45, 2.75) is 147 Å². The molecule has 0 spiro atoms. The Morgan fingerprint density at radius 1 is 0.750 bits per heavy atom. The number of esters is 2. The van der Waals surface area contributed by atoms with E-state index < -0.39 is 55.4 Å². The molecule has 6 atom stereocenters. The van der Waals surface area contributed by atoms with Crippen LogP contribution >= 0.6 is 0 Å². The maximum atomic E-state index is 12.5. The molecule has 0 bridgehead atoms. The zero-order chi connectivity index (χ0) is 29.6. The number of rotatable bonds is 23. The van der Waals surface area contributed by atoms with E-state index in [-0.39, 0.29) is 26.1 Å². The fourth-order valence-corrected chi connectivity index (χ4v) is 4.36. The molecule has 6 unspecified atom stereocenters. The molecule has 4 N–H and O–H groups in total. The first-order valence-electron chi connectivity index (χ1n) is 15.3. The van der Waals surface area contributed by atoms with Gasteiger partial charge in [0.2, 0.25) is 0 Å². The zero-order valence-corrected chi connectivity index (χ0v) is 24.6. The summed E-state index contributed by atoms with van der Waals surface area (Å²) in [5.41, 5.74) is 0. The molecule has 40 heavy (non-hydrogen) atoms. The normalized spacial score (nSPS) is 23.8. The van der Waals surface area contributed by atoms with Crippen LogP contribution < -0.4 is 0 Å². The highest BCUT2D eigenvalue weighted by Gasteiger charge is 2.44. The van der Waals surface area contributed by atoms with E-state index in [1.54, 1.807) is 0 Å². The number of carbonyl (C=O) groups is 2. The lowest BCUT2D eigenvalue weighted by atomic mass is 9.99. The van der Waals surface area contributed by atoms with Gasteiger partial charge in [0.05, 0.1) is 13.2 Å². The number of aliphatic hydroxyl groups excluding tert-OH is 4. The van der Waals surface area contributed by atoms with Gasteiger partial charge >= 0.3 is 11.9 Å². The lowest BCUT2D eigenvalue weighted by Crippen LogP contribution is -2.59. The zero-order valence-electron chi connectivity index (χ0n) is 24.6. The molecule has 0 aromatic carbocycles. The number of hydrogen-bond acceptors (Lipinski definition) is 10. The third-order valence-electron chi connectivity index (χ3n) is 6.88. The average Bonchev–Trinajstić information content (AvgIpc) is 2.95. The second kappa shape index (κ2) is 23.1. The fourth-order valence-electron chi connectivity index (χ4n) is 4.36. The second-order valence-corrected chi connectivity index (χ2v) is 10.6. The Morgan fingerprint density at radius 2 is 1.38 bits per heavy atom. The minimum absolute atomic E-state index is 0.220. The Balaban J connectivity index is 2.50. The summed E-state index contributed by atoms with van der Waals surface area (Å²) in [6.45, 7) is 3.20. The lowest BCUT2D eigenvalue weighted by Gasteiger charge is -2.39. The van der Waals surface area contributed by atoms with E-state index in [1.807, 2.05) is 0 Å². The molecule has 1 rings (SSSR count). The summed E-state index contributed by atoms with van der Waals surface area (Å²) in [4.78, 5) is 24.7. The summed E-state index contributed by atoms with van der Waals surface area (Å²) in [5.74, 6) is -0.838. The van der Waals surface area contributed by atoms with E-state index in [4.69, 9.17) is 18.9 Å². The Kier molecular flexibility index (Phi) is 21.0. The van der Waals surface area contributed by atoms with Crippen molar-refractivity contribution in [3.63, 3.8) is 0 Å². The highest BCUT2D eigenvalue weighted by atomic mass is 16.7. The molecule has 1 aliphatic rings. The van der Waals surface area contributed by atoms with Crippen LogP contribution in [-0.2, 0) is 28.5 Å². The van der Waals surface area contributed by atoms with Gasteiger partial charge < -0.3 is 39.4 Å². The lowest BCUT2D eigenvalue weighted by molar-refractivity contribution is -0.305. The number of aliphatic hydroxyl groups is 4. The maximum absolute atomic E-state index is 12.5. The number of unbranched alkanes of at least 4 members (excludes halogenated alkanes) is 10. The molecule has 10 nitrogen and oxygen atoms in total. The standard InChI is InChI=1S/C30H54O10/c1-3-5-7-9-10-11-12-13-15-17-19-26(33)39-23(21-37-25(32)18-16-14-8-6-4-2)22-38-30-29(36)28(35)27(34)24(20-31)40-30/h7,9,23-24,27-31,34-36H,3-6,8,10-22H2,1-2H3/b9-7-. The van der Waals surface area contributed by atoms with Crippen molar-refractivity contribution >= 4 is 11.9 Å². The van der Waals surface area contributed by atoms with Crippen molar-refractivity contribution in [3.05, 3.63) is 12.2 Å². The van der Waals surface area contributed by atoms with Gasteiger partial charge in [0, 0.05) is 12.8 Å². The van der Waals surface area contributed by atoms with E-state index in [2.05, 4.69) is 26.0 Å². The van der Waals surface area contributed by atoms with Crippen molar-refractivity contribution in [1.29, 1.82) is 0 Å². The van der Waals surface area contributed by atoms with Gasteiger partial charge in [-0.25, -0.2) is 0 Å². The number of carbonyl (C=O) groups excluding carboxylic acids is 2. The topological polar surface area (TPSA) is 152 Å². The van der Waals surface area contributed by atoms with Crippen molar-refractivity contribution < 1.29 is 49.0 Å². The van der Waals surface area contributed by atoms with E-state index in [0.717, 1.165) is 77.0 Å². The molecule has 10 heteroatoms. The molecular formula is C30H54O10. The van der Waals surface area contributed by atoms with Gasteiger partial charge in [-0.2, -0.15) is 0 Å². The minimum atomic E-state index is -1.59. The number of allylic oxidation sites excluding steroid dienone is 2. The summed E-state index contributed by atoms with van der Waals surface area (Å²) in [6, 6.07) is 0. The van der Waals surface area contributed by atoms with Crippen molar-refractivity contribution in [2.24, 2.45) is 0 Å². The SMILES string of the molecule is CCC/C=C\CCCCCCCC(=O)OC(COC(=O)CCCCCCC)COC1OC(CO)C(O)C(O)C1O. The van der Waals surface area contributed by atoms with Gasteiger partial charge in [-0.15, -0.1) is 0 Å². The van der Waals surface area contributed by atoms with Crippen LogP contribution in [0.4, 0.5) is 0 Å². The summed E-state index contributed by atoms with van der Waals surface area (Å²) in [7, 11) is 0. The summed E-state index contributed by atoms with van der Waals surface area (Å²) >= 11 is 0. The van der Waals surface area contributed by atoms with Crippen molar-refractivity contribution in [3.8, 4) is 0 Å². The predicted octanol–water partition coefficient (Wildman–Crippen LogP) is 3.71. The molecule has 1 saturated heterocycles. The fraction of sp³-hybridized carbons (Fsp3) is 0.867. The van der Waals surface area contributed by atoms with Crippen LogP contribution in [-0.4, -0.2) is 89.0 Å². The quantitative estimate of drug-likeness (QED) is 0.0807. The molecular weight excluding hydrogens is 520 g/mol. The van der Waals surface area contributed by atoms with Gasteiger partial charge in [-0.05, 0) is 32.1 Å². The van der Waals surface area contributed by atoms with E-state index >= 15 is 0 Å². The van der Waals surface area contributed by atoms with Gasteiger partial charge in [-0.1, -0.05) is 77.4 Å². The summed E-state index contributed by atoms with van der Waals surface area (Å²) in [5, 5.41) is 39.5. The van der Waals surface area contributed by atoms with Crippen LogP contribution in [0.3, 0.4) is 0 Å². The molecule has 0 aromatic rings. The van der Waals surface area contributed by atoms with Crippen LogP contribution in [0.1, 0.15) is 110 Å². The van der Waals surface area contributed by atoms with Crippen molar-refractivity contribution in [2.75, 3.05) is 19.8 Å². The first kappa shape index (κ1) is 36.5. The third-order valence-corrected chi connectivity index (χ3v) is 6.88. The van der Waals surface area contributed by atoms with Gasteiger partial charge in [0.1, 0.15) is 31.0 Å². The monoisotopic (exact) mass is 574 g/mol. The maximum Gasteiger partial charge on any atom is 0.306 e. The molecule has 1 aliphatic heterocycles. The molecule has 0 radical (unpaired) electrons. The van der Waals surface area contributed by atoms with Gasteiger partial charge in [-0.3, -0.25) is 9.59 Å². The molecule has 1 fully saturated rings. The third kappa shape index (κ3) is 16.0. The number of hydrogen-bond donors (Lipinski definition) is 4. The Morgan fingerprint density at radius 3 is 2.05 bits per heavy atom. The Labute approximate surface area is 240 Å². The molecule has 0 amide bonds. The average molecular weight is 575 g/mol. The highest BCUT2D eigenvalue weighted by Crippen LogP contribution is 2.22. The first-order valence-corrected chi connectivity index (χ1v) is 15.3. The molecule has 234 valence electrons. The highest BCUT2D eigenvalue weighted by molar-refractivity contribution is 5.70. The van der Waals surface area contributed by atoms with Crippen LogP contribution in [0.25, 0.3) is 0 Å². The van der Waals surface area contributed by atoms with E-state index in [9.17, 15) is 30.0 Å². The van der Waals surface area contributed by atoms with Crippen molar-refractivity contribution in [1.82, 2.24) is 0 Å². The van der Waals surface area contributed by atoms with Gasteiger partial charge in [0.15, 0.2) is 12.4 Å². The van der Waals surface area contributed by atoms with Crippen LogP contribution in [0, 0.1) is 0 Å². The minimum Gasteiger partial charge on any atom is -0.462 e. The Bertz CT molecular complexity index is 683. The second-order valence-electron chi connectivity index (χ2n) is 10.6. The Hall–Kier alpha value is -1.56. The summed E-state index contributed by atoms with van der Waals surface area (Å²) in [6.07, 6.45) is 10.0. The van der Waals surface area contributed by atoms with E-state index in [1.165, 1.54) is 0 Å². The van der Waals surface area contributed by atoms with Crippen LogP contribution in [0.2, 0.25) is 0 Å². The number of ether oxygens (including phenoxy) is 4. The van der Waals surface area contributed by atoms with Gasteiger partial charge in [0.25, 0.3) is 0 Å². The largest absolute Gasteiger partial charge is 0.462 e. The van der Waals surface area contributed by atoms with E-state index in [0.29, 0.717) is 6.42 Å². The molecule has 0 saturated carbocycles. The van der Waals surface area contributed by atoms with Crippen LogP contribution in [0.15, 0.2) is 12.2 Å². The predicted molar refractivity (Wildman–Crippen MR) is 150 cm³/mol.